The Morgan fingerprint density at radius 2 is 2.00 bits per heavy atom. The number of rotatable bonds is 8. The smallest absolute Gasteiger partial charge is 0.251 e. The van der Waals surface area contributed by atoms with Gasteiger partial charge in [-0.1, -0.05) is 17.7 Å². The van der Waals surface area contributed by atoms with Crippen LogP contribution in [-0.4, -0.2) is 40.5 Å². The minimum absolute atomic E-state index is 0.0498. The summed E-state index contributed by atoms with van der Waals surface area (Å²) in [5, 5.41) is 12.2. The first-order valence-corrected chi connectivity index (χ1v) is 11.9. The summed E-state index contributed by atoms with van der Waals surface area (Å²) in [7, 11) is -3.69. The number of hydrogen-bond acceptors (Lipinski definition) is 5. The van der Waals surface area contributed by atoms with Crippen molar-refractivity contribution in [1.82, 2.24) is 10.0 Å². The Labute approximate surface area is 188 Å². The molecule has 2 aromatic rings. The van der Waals surface area contributed by atoms with Crippen molar-refractivity contribution in [2.45, 2.75) is 24.7 Å². The first-order chi connectivity index (χ1) is 14.8. The summed E-state index contributed by atoms with van der Waals surface area (Å²) in [6.45, 7) is 4.41. The summed E-state index contributed by atoms with van der Waals surface area (Å²) < 4.78 is 26.6. The van der Waals surface area contributed by atoms with Crippen LogP contribution in [0.4, 0.5) is 5.69 Å². The van der Waals surface area contributed by atoms with E-state index in [0.29, 0.717) is 23.0 Å². The molecule has 1 unspecified atom stereocenters. The number of sulfonamides is 1. The first kappa shape index (κ1) is 23.1. The molecule has 0 spiro atoms. The summed E-state index contributed by atoms with van der Waals surface area (Å²) in [6, 6.07) is 13.5. The van der Waals surface area contributed by atoms with Crippen molar-refractivity contribution < 1.29 is 13.2 Å². The maximum Gasteiger partial charge on any atom is 0.251 e. The van der Waals surface area contributed by atoms with Crippen LogP contribution in [0.25, 0.3) is 0 Å². The van der Waals surface area contributed by atoms with Crippen molar-refractivity contribution in [3.8, 4) is 6.07 Å². The predicted octanol–water partition coefficient (Wildman–Crippen LogP) is 3.10. The molecule has 0 saturated carbocycles. The maximum absolute atomic E-state index is 12.5. The van der Waals surface area contributed by atoms with Crippen LogP contribution in [-0.2, 0) is 10.0 Å². The topological polar surface area (TPSA) is 102 Å². The Bertz CT molecular complexity index is 1080. The highest BCUT2D eigenvalue weighted by molar-refractivity contribution is 7.89. The third-order valence-corrected chi connectivity index (χ3v) is 7.02. The van der Waals surface area contributed by atoms with E-state index in [-0.39, 0.29) is 23.8 Å². The third kappa shape index (κ3) is 5.97. The van der Waals surface area contributed by atoms with Gasteiger partial charge in [-0.3, -0.25) is 4.79 Å². The van der Waals surface area contributed by atoms with Crippen LogP contribution in [0, 0.1) is 24.2 Å². The van der Waals surface area contributed by atoms with Gasteiger partial charge in [0, 0.05) is 48.9 Å². The van der Waals surface area contributed by atoms with E-state index in [0.717, 1.165) is 25.2 Å². The lowest BCUT2D eigenvalue weighted by atomic mass is 10.1. The molecule has 1 amide bonds. The van der Waals surface area contributed by atoms with Crippen LogP contribution >= 0.6 is 11.6 Å². The summed E-state index contributed by atoms with van der Waals surface area (Å²) in [5.74, 6) is 0.0880. The lowest BCUT2D eigenvalue weighted by Crippen LogP contribution is -2.31. The van der Waals surface area contributed by atoms with Crippen LogP contribution in [0.3, 0.4) is 0 Å². The van der Waals surface area contributed by atoms with Crippen LogP contribution in [0.1, 0.15) is 28.8 Å². The summed E-state index contributed by atoms with van der Waals surface area (Å²) in [6.07, 6.45) is 1.06. The van der Waals surface area contributed by atoms with E-state index in [1.807, 2.05) is 24.3 Å². The van der Waals surface area contributed by atoms with Crippen molar-refractivity contribution >= 4 is 33.2 Å². The van der Waals surface area contributed by atoms with Gasteiger partial charge in [-0.25, -0.2) is 13.1 Å². The fourth-order valence-corrected chi connectivity index (χ4v) is 4.79. The van der Waals surface area contributed by atoms with Gasteiger partial charge in [-0.15, -0.1) is 0 Å². The van der Waals surface area contributed by atoms with E-state index in [9.17, 15) is 13.2 Å². The normalized spacial score (nSPS) is 16.2. The van der Waals surface area contributed by atoms with Crippen LogP contribution in [0.2, 0.25) is 5.02 Å². The Hall–Kier alpha value is -2.60. The Morgan fingerprint density at radius 1 is 1.26 bits per heavy atom. The van der Waals surface area contributed by atoms with E-state index in [1.54, 1.807) is 0 Å². The van der Waals surface area contributed by atoms with Gasteiger partial charge in [0.15, 0.2) is 0 Å². The molecule has 0 bridgehead atoms. The third-order valence-electron chi connectivity index (χ3n) is 5.30. The monoisotopic (exact) mass is 460 g/mol. The van der Waals surface area contributed by atoms with Crippen LogP contribution < -0.4 is 14.9 Å². The molecular formula is C22H25ClN4O3S. The molecule has 2 aromatic carbocycles. The number of nitrogens with one attached hydrogen (secondary N) is 2. The molecule has 0 aromatic heterocycles. The molecule has 0 radical (unpaired) electrons. The SMILES string of the molecule is Cc1ccc(Cl)cc1N1CCC(CNC(=O)c2ccc(S(=O)(=O)NCCC#N)cc2)C1. The van der Waals surface area contributed by atoms with Crippen LogP contribution in [0.15, 0.2) is 47.4 Å². The largest absolute Gasteiger partial charge is 0.371 e. The zero-order chi connectivity index (χ0) is 22.4. The number of hydrogen-bond donors (Lipinski definition) is 2. The van der Waals surface area contributed by atoms with Gasteiger partial charge < -0.3 is 10.2 Å². The molecule has 0 aliphatic carbocycles. The number of aryl methyl sites for hydroxylation is 1. The fraction of sp³-hybridized carbons (Fsp3) is 0.364. The number of nitrogens with zero attached hydrogens (tertiary/aromatic N) is 2. The summed E-state index contributed by atoms with van der Waals surface area (Å²) in [4.78, 5) is 14.8. The minimum atomic E-state index is -3.69. The molecule has 9 heteroatoms. The molecule has 31 heavy (non-hydrogen) atoms. The zero-order valence-corrected chi connectivity index (χ0v) is 18.8. The highest BCUT2D eigenvalue weighted by atomic mass is 35.5. The van der Waals surface area contributed by atoms with Crippen LogP contribution in [0.5, 0.6) is 0 Å². The predicted molar refractivity (Wildman–Crippen MR) is 121 cm³/mol. The van der Waals surface area contributed by atoms with Gasteiger partial charge in [0.25, 0.3) is 5.91 Å². The van der Waals surface area contributed by atoms with E-state index in [2.05, 4.69) is 21.9 Å². The van der Waals surface area contributed by atoms with Gasteiger partial charge in [0.1, 0.15) is 0 Å². The fourth-order valence-electron chi connectivity index (χ4n) is 3.59. The maximum atomic E-state index is 12.5. The van der Waals surface area contributed by atoms with Crippen molar-refractivity contribution in [2.75, 3.05) is 31.1 Å². The zero-order valence-electron chi connectivity index (χ0n) is 17.3. The molecule has 1 heterocycles. The standard InChI is InChI=1S/C22H25ClN4O3S/c1-16-3-6-19(23)13-21(16)27-12-9-17(15-27)14-25-22(28)18-4-7-20(8-5-18)31(29,30)26-11-2-10-24/h3-8,13,17,26H,2,9,11-12,14-15H2,1H3,(H,25,28). The van der Waals surface area contributed by atoms with E-state index in [1.165, 1.54) is 29.8 Å². The molecular weight excluding hydrogens is 436 g/mol. The van der Waals surface area contributed by atoms with E-state index >= 15 is 0 Å². The lowest BCUT2D eigenvalue weighted by Gasteiger charge is -2.21. The van der Waals surface area contributed by atoms with Crippen molar-refractivity contribution in [3.05, 3.63) is 58.6 Å². The van der Waals surface area contributed by atoms with Gasteiger partial charge in [-0.05, 0) is 61.2 Å². The number of nitriles is 1. The number of carbonyl (C=O) groups excluding carboxylic acids is 1. The van der Waals surface area contributed by atoms with Gasteiger partial charge in [0.2, 0.25) is 10.0 Å². The van der Waals surface area contributed by atoms with E-state index in [4.69, 9.17) is 16.9 Å². The Kier molecular flexibility index (Phi) is 7.55. The van der Waals surface area contributed by atoms with Gasteiger partial charge in [0.05, 0.1) is 11.0 Å². The quantitative estimate of drug-likeness (QED) is 0.589. The molecule has 1 aliphatic heterocycles. The molecule has 1 saturated heterocycles. The number of anilines is 1. The second kappa shape index (κ2) is 10.1. The lowest BCUT2D eigenvalue weighted by molar-refractivity contribution is 0.0948. The number of benzene rings is 2. The van der Waals surface area contributed by atoms with E-state index < -0.39 is 10.0 Å². The number of halogens is 1. The second-order valence-electron chi connectivity index (χ2n) is 7.57. The van der Waals surface area contributed by atoms with Crippen molar-refractivity contribution in [2.24, 2.45) is 5.92 Å². The number of amides is 1. The summed E-state index contributed by atoms with van der Waals surface area (Å²) >= 11 is 6.13. The molecule has 1 aliphatic rings. The Morgan fingerprint density at radius 3 is 2.71 bits per heavy atom. The van der Waals surface area contributed by atoms with Gasteiger partial charge in [-0.2, -0.15) is 5.26 Å². The highest BCUT2D eigenvalue weighted by Crippen LogP contribution is 2.29. The first-order valence-electron chi connectivity index (χ1n) is 10.1. The molecule has 2 N–H and O–H groups in total. The summed E-state index contributed by atoms with van der Waals surface area (Å²) in [5.41, 5.74) is 2.70. The minimum Gasteiger partial charge on any atom is -0.371 e. The molecule has 7 nitrogen and oxygen atoms in total. The molecule has 1 atom stereocenters. The molecule has 1 fully saturated rings. The van der Waals surface area contributed by atoms with Crippen molar-refractivity contribution in [1.29, 1.82) is 5.26 Å². The highest BCUT2D eigenvalue weighted by Gasteiger charge is 2.24. The average molecular weight is 461 g/mol. The second-order valence-corrected chi connectivity index (χ2v) is 9.78. The Balaban J connectivity index is 1.53. The van der Waals surface area contributed by atoms with Crippen molar-refractivity contribution in [3.63, 3.8) is 0 Å². The molecule has 3 rings (SSSR count). The number of carbonyl (C=O) groups is 1. The van der Waals surface area contributed by atoms with Gasteiger partial charge >= 0.3 is 0 Å². The average Bonchev–Trinajstić information content (AvgIpc) is 3.23. The molecule has 164 valence electrons.